The lowest BCUT2D eigenvalue weighted by molar-refractivity contribution is 0.272. The van der Waals surface area contributed by atoms with Crippen molar-refractivity contribution in [1.29, 1.82) is 0 Å². The maximum atomic E-state index is 6.08. The number of nitrogens with one attached hydrogen (secondary N) is 1. The summed E-state index contributed by atoms with van der Waals surface area (Å²) in [6, 6.07) is 9.13. The number of fused-ring (bicyclic) bond motifs is 1. The molecule has 0 saturated carbocycles. The molecule has 1 aromatic heterocycles. The Labute approximate surface area is 144 Å². The molecule has 0 amide bonds. The molecule has 1 heterocycles. The third-order valence-electron chi connectivity index (χ3n) is 3.38. The summed E-state index contributed by atoms with van der Waals surface area (Å²) in [5.74, 6) is 1.84. The van der Waals surface area contributed by atoms with Gasteiger partial charge in [-0.1, -0.05) is 37.0 Å². The predicted molar refractivity (Wildman–Crippen MR) is 96.3 cm³/mol. The first-order valence-corrected chi connectivity index (χ1v) is 8.07. The Morgan fingerprint density at radius 2 is 1.91 bits per heavy atom. The Bertz CT molecular complexity index is 819. The molecule has 3 aromatic rings. The molecular formula is C17H17Cl2N3O. The van der Waals surface area contributed by atoms with Crippen LogP contribution in [-0.2, 0) is 0 Å². The molecule has 0 unspecified atom stereocenters. The molecule has 0 saturated heterocycles. The number of hydrogen-bond acceptors (Lipinski definition) is 3. The van der Waals surface area contributed by atoms with Crippen LogP contribution in [0.3, 0.4) is 0 Å². The molecule has 0 bridgehead atoms. The van der Waals surface area contributed by atoms with Gasteiger partial charge in [0.15, 0.2) is 0 Å². The van der Waals surface area contributed by atoms with Gasteiger partial charge in [0.2, 0.25) is 0 Å². The third kappa shape index (κ3) is 3.38. The van der Waals surface area contributed by atoms with Crippen molar-refractivity contribution in [2.75, 3.05) is 12.3 Å². The zero-order valence-electron chi connectivity index (χ0n) is 12.9. The number of nitrogen functional groups attached to an aromatic ring is 1. The number of anilines is 1. The normalized spacial score (nSPS) is 11.3. The highest BCUT2D eigenvalue weighted by Crippen LogP contribution is 2.31. The molecule has 6 heteroatoms. The number of nitrogens with zero attached hydrogens (tertiary/aromatic N) is 1. The molecule has 0 aliphatic heterocycles. The minimum Gasteiger partial charge on any atom is -0.491 e. The molecule has 0 aliphatic rings. The number of hydrogen-bond donors (Lipinski definition) is 2. The van der Waals surface area contributed by atoms with Crippen LogP contribution in [-0.4, -0.2) is 16.6 Å². The van der Waals surface area contributed by atoms with Gasteiger partial charge in [0.1, 0.15) is 11.6 Å². The highest BCUT2D eigenvalue weighted by atomic mass is 35.5. The predicted octanol–water partition coefficient (Wildman–Crippen LogP) is 5.15. The number of nitrogens with two attached hydrogens (primary N) is 1. The first-order chi connectivity index (χ1) is 10.9. The summed E-state index contributed by atoms with van der Waals surface area (Å²) in [7, 11) is 0. The number of aromatic nitrogens is 2. The van der Waals surface area contributed by atoms with E-state index in [0.717, 1.165) is 16.6 Å². The van der Waals surface area contributed by atoms with Crippen molar-refractivity contribution in [2.24, 2.45) is 5.92 Å². The highest BCUT2D eigenvalue weighted by molar-refractivity contribution is 6.42. The molecule has 0 aliphatic carbocycles. The van der Waals surface area contributed by atoms with E-state index in [1.807, 2.05) is 18.2 Å². The lowest BCUT2D eigenvalue weighted by atomic mass is 10.2. The van der Waals surface area contributed by atoms with Gasteiger partial charge in [0, 0.05) is 5.56 Å². The van der Waals surface area contributed by atoms with Crippen LogP contribution < -0.4 is 10.5 Å². The van der Waals surface area contributed by atoms with Gasteiger partial charge in [-0.25, -0.2) is 4.98 Å². The molecule has 0 radical (unpaired) electrons. The maximum Gasteiger partial charge on any atom is 0.142 e. The van der Waals surface area contributed by atoms with Crippen molar-refractivity contribution in [2.45, 2.75) is 13.8 Å². The second kappa shape index (κ2) is 6.30. The molecule has 2 aromatic carbocycles. The van der Waals surface area contributed by atoms with Crippen LogP contribution in [0.4, 0.5) is 5.69 Å². The molecule has 120 valence electrons. The number of halogens is 2. The number of imidazole rings is 1. The molecule has 0 atom stereocenters. The minimum atomic E-state index is 0.443. The Balaban J connectivity index is 1.94. The summed E-state index contributed by atoms with van der Waals surface area (Å²) in [4.78, 5) is 7.76. The van der Waals surface area contributed by atoms with Crippen LogP contribution in [0.15, 0.2) is 30.3 Å². The number of ether oxygens (including phenoxy) is 1. The third-order valence-corrected chi connectivity index (χ3v) is 4.10. The number of benzene rings is 2. The van der Waals surface area contributed by atoms with Gasteiger partial charge < -0.3 is 15.5 Å². The monoisotopic (exact) mass is 349 g/mol. The Kier molecular flexibility index (Phi) is 4.37. The topological polar surface area (TPSA) is 63.9 Å². The van der Waals surface area contributed by atoms with Crippen LogP contribution in [0, 0.1) is 5.92 Å². The van der Waals surface area contributed by atoms with Crippen LogP contribution >= 0.6 is 23.2 Å². The molecule has 3 rings (SSSR count). The summed E-state index contributed by atoms with van der Waals surface area (Å²) < 4.78 is 5.69. The SMILES string of the molecule is CC(C)COc1ccc(-c2nc3cc(Cl)c(Cl)cc3[nH]2)cc1N. The van der Waals surface area contributed by atoms with Crippen LogP contribution in [0.1, 0.15) is 13.8 Å². The van der Waals surface area contributed by atoms with Crippen LogP contribution in [0.5, 0.6) is 5.75 Å². The first kappa shape index (κ1) is 16.0. The smallest absolute Gasteiger partial charge is 0.142 e. The fourth-order valence-corrected chi connectivity index (χ4v) is 2.55. The van der Waals surface area contributed by atoms with E-state index < -0.39 is 0 Å². The van der Waals surface area contributed by atoms with E-state index in [1.165, 1.54) is 0 Å². The highest BCUT2D eigenvalue weighted by Gasteiger charge is 2.10. The quantitative estimate of drug-likeness (QED) is 0.639. The second-order valence-corrected chi connectivity index (χ2v) is 6.64. The number of H-pyrrole nitrogens is 1. The number of aromatic amines is 1. The van der Waals surface area contributed by atoms with Gasteiger partial charge in [0.05, 0.1) is 33.4 Å². The largest absolute Gasteiger partial charge is 0.491 e. The summed E-state index contributed by atoms with van der Waals surface area (Å²) in [5, 5.41) is 0.973. The lowest BCUT2D eigenvalue weighted by Gasteiger charge is -2.11. The maximum absolute atomic E-state index is 6.08. The summed E-state index contributed by atoms with van der Waals surface area (Å²) in [6.07, 6.45) is 0. The molecule has 4 nitrogen and oxygen atoms in total. The van der Waals surface area contributed by atoms with E-state index in [9.17, 15) is 0 Å². The fraction of sp³-hybridized carbons (Fsp3) is 0.235. The first-order valence-electron chi connectivity index (χ1n) is 7.31. The second-order valence-electron chi connectivity index (χ2n) is 5.83. The van der Waals surface area contributed by atoms with E-state index in [-0.39, 0.29) is 0 Å². The zero-order chi connectivity index (χ0) is 16.6. The van der Waals surface area contributed by atoms with Crippen molar-refractivity contribution >= 4 is 39.9 Å². The Morgan fingerprint density at radius 1 is 1.17 bits per heavy atom. The minimum absolute atomic E-state index is 0.443. The average molecular weight is 350 g/mol. The van der Waals surface area contributed by atoms with Gasteiger partial charge in [-0.05, 0) is 36.2 Å². The van der Waals surface area contributed by atoms with Gasteiger partial charge in [0.25, 0.3) is 0 Å². The zero-order valence-corrected chi connectivity index (χ0v) is 14.4. The lowest BCUT2D eigenvalue weighted by Crippen LogP contribution is -2.06. The Morgan fingerprint density at radius 3 is 2.61 bits per heavy atom. The van der Waals surface area contributed by atoms with Gasteiger partial charge in [-0.15, -0.1) is 0 Å². The van der Waals surface area contributed by atoms with E-state index >= 15 is 0 Å². The van der Waals surface area contributed by atoms with Crippen LogP contribution in [0.2, 0.25) is 10.0 Å². The van der Waals surface area contributed by atoms with Gasteiger partial charge in [-0.3, -0.25) is 0 Å². The summed E-state index contributed by atoms with van der Waals surface area (Å²) in [6.45, 7) is 4.82. The molecular weight excluding hydrogens is 333 g/mol. The standard InChI is InChI=1S/C17H17Cl2N3O/c1-9(2)8-23-16-4-3-10(5-13(16)20)17-21-14-6-11(18)12(19)7-15(14)22-17/h3-7,9H,8,20H2,1-2H3,(H,21,22). The van der Waals surface area contributed by atoms with E-state index in [4.69, 9.17) is 33.7 Å². The van der Waals surface area contributed by atoms with Crippen molar-refractivity contribution in [3.05, 3.63) is 40.4 Å². The van der Waals surface area contributed by atoms with E-state index in [1.54, 1.807) is 12.1 Å². The van der Waals surface area contributed by atoms with Gasteiger partial charge >= 0.3 is 0 Å². The fourth-order valence-electron chi connectivity index (χ4n) is 2.23. The molecule has 0 fully saturated rings. The van der Waals surface area contributed by atoms with Crippen molar-refractivity contribution in [3.8, 4) is 17.1 Å². The Hall–Kier alpha value is -1.91. The molecule has 0 spiro atoms. The van der Waals surface area contributed by atoms with Crippen molar-refractivity contribution in [1.82, 2.24) is 9.97 Å². The summed E-state index contributed by atoms with van der Waals surface area (Å²) >= 11 is 12.1. The van der Waals surface area contributed by atoms with E-state index in [0.29, 0.717) is 39.8 Å². The van der Waals surface area contributed by atoms with Crippen molar-refractivity contribution in [3.63, 3.8) is 0 Å². The van der Waals surface area contributed by atoms with Crippen molar-refractivity contribution < 1.29 is 4.74 Å². The van der Waals surface area contributed by atoms with Gasteiger partial charge in [-0.2, -0.15) is 0 Å². The average Bonchev–Trinajstić information content (AvgIpc) is 2.89. The number of rotatable bonds is 4. The molecule has 3 N–H and O–H groups in total. The van der Waals surface area contributed by atoms with Crippen LogP contribution in [0.25, 0.3) is 22.4 Å². The van der Waals surface area contributed by atoms with E-state index in [2.05, 4.69) is 23.8 Å². The molecule has 23 heavy (non-hydrogen) atoms. The summed E-state index contributed by atoms with van der Waals surface area (Å²) in [5.41, 5.74) is 9.12.